The van der Waals surface area contributed by atoms with Gasteiger partial charge in [-0.15, -0.1) is 0 Å². The predicted octanol–water partition coefficient (Wildman–Crippen LogP) is 1.53. The van der Waals surface area contributed by atoms with Gasteiger partial charge in [-0.25, -0.2) is 0 Å². The monoisotopic (exact) mass is 297 g/mol. The fraction of sp³-hybridized carbons (Fsp3) is 0.333. The van der Waals surface area contributed by atoms with E-state index in [0.29, 0.717) is 19.5 Å². The molecule has 90 valence electrons. The third-order valence-electron chi connectivity index (χ3n) is 2.83. The van der Waals surface area contributed by atoms with Crippen molar-refractivity contribution in [3.8, 4) is 0 Å². The Morgan fingerprint density at radius 2 is 2.12 bits per heavy atom. The molecule has 0 spiro atoms. The van der Waals surface area contributed by atoms with Gasteiger partial charge in [0.1, 0.15) is 0 Å². The zero-order chi connectivity index (χ0) is 12.4. The SMILES string of the molecule is O=C(O)C1CN(C(=O)Cc2cccc(Br)c2)C1. The second kappa shape index (κ2) is 4.87. The maximum Gasteiger partial charge on any atom is 0.310 e. The Labute approximate surface area is 107 Å². The fourth-order valence-electron chi connectivity index (χ4n) is 1.77. The van der Waals surface area contributed by atoms with Gasteiger partial charge in [-0.05, 0) is 17.7 Å². The summed E-state index contributed by atoms with van der Waals surface area (Å²) < 4.78 is 0.940. The largest absolute Gasteiger partial charge is 0.481 e. The van der Waals surface area contributed by atoms with E-state index in [1.165, 1.54) is 0 Å². The summed E-state index contributed by atoms with van der Waals surface area (Å²) in [6.45, 7) is 0.671. The third-order valence-corrected chi connectivity index (χ3v) is 3.32. The number of carboxylic acids is 1. The van der Waals surface area contributed by atoms with Crippen LogP contribution in [0.2, 0.25) is 0 Å². The lowest BCUT2D eigenvalue weighted by molar-refractivity contribution is -0.152. The molecular formula is C12H12BrNO3. The maximum atomic E-state index is 11.8. The van der Waals surface area contributed by atoms with Crippen LogP contribution in [-0.2, 0) is 16.0 Å². The molecule has 2 rings (SSSR count). The lowest BCUT2D eigenvalue weighted by Gasteiger charge is -2.36. The van der Waals surface area contributed by atoms with Crippen LogP contribution in [-0.4, -0.2) is 35.0 Å². The number of carboxylic acid groups (broad SMARTS) is 1. The van der Waals surface area contributed by atoms with Gasteiger partial charge in [0.2, 0.25) is 5.91 Å². The number of hydrogen-bond acceptors (Lipinski definition) is 2. The number of carbonyl (C=O) groups is 2. The molecule has 1 heterocycles. The molecule has 1 aliphatic rings. The van der Waals surface area contributed by atoms with Crippen molar-refractivity contribution in [2.24, 2.45) is 5.92 Å². The van der Waals surface area contributed by atoms with E-state index < -0.39 is 5.97 Å². The Morgan fingerprint density at radius 1 is 1.41 bits per heavy atom. The van der Waals surface area contributed by atoms with Crippen LogP contribution in [0.4, 0.5) is 0 Å². The van der Waals surface area contributed by atoms with Crippen molar-refractivity contribution in [2.45, 2.75) is 6.42 Å². The van der Waals surface area contributed by atoms with Crippen LogP contribution in [0.3, 0.4) is 0 Å². The zero-order valence-electron chi connectivity index (χ0n) is 9.10. The number of nitrogens with zero attached hydrogens (tertiary/aromatic N) is 1. The van der Waals surface area contributed by atoms with Gasteiger partial charge < -0.3 is 10.0 Å². The van der Waals surface area contributed by atoms with E-state index in [2.05, 4.69) is 15.9 Å². The average molecular weight is 298 g/mol. The molecule has 17 heavy (non-hydrogen) atoms. The van der Waals surface area contributed by atoms with Crippen LogP contribution < -0.4 is 0 Å². The molecule has 1 fully saturated rings. The molecule has 0 unspecified atom stereocenters. The second-order valence-corrected chi connectivity index (χ2v) is 5.06. The standard InChI is InChI=1S/C12H12BrNO3/c13-10-3-1-2-8(4-10)5-11(15)14-6-9(7-14)12(16)17/h1-4,9H,5-7H2,(H,16,17). The first-order valence-corrected chi connectivity index (χ1v) is 6.10. The molecule has 5 heteroatoms. The van der Waals surface area contributed by atoms with Crippen LogP contribution in [0.25, 0.3) is 0 Å². The molecule has 1 aromatic rings. The highest BCUT2D eigenvalue weighted by atomic mass is 79.9. The Morgan fingerprint density at radius 3 is 2.71 bits per heavy atom. The molecule has 0 radical (unpaired) electrons. The number of amides is 1. The highest BCUT2D eigenvalue weighted by Crippen LogP contribution is 2.18. The summed E-state index contributed by atoms with van der Waals surface area (Å²) in [5, 5.41) is 8.71. The van der Waals surface area contributed by atoms with Gasteiger partial charge in [-0.1, -0.05) is 28.1 Å². The Kier molecular flexibility index (Phi) is 3.47. The van der Waals surface area contributed by atoms with Crippen LogP contribution in [0, 0.1) is 5.92 Å². The quantitative estimate of drug-likeness (QED) is 0.921. The van der Waals surface area contributed by atoms with Crippen LogP contribution in [0.1, 0.15) is 5.56 Å². The molecule has 1 N–H and O–H groups in total. The smallest absolute Gasteiger partial charge is 0.310 e. The molecule has 1 amide bonds. The van der Waals surface area contributed by atoms with Gasteiger partial charge >= 0.3 is 5.97 Å². The molecular weight excluding hydrogens is 286 g/mol. The molecule has 1 aromatic carbocycles. The van der Waals surface area contributed by atoms with Crippen molar-refractivity contribution in [2.75, 3.05) is 13.1 Å². The predicted molar refractivity (Wildman–Crippen MR) is 65.6 cm³/mol. The van der Waals surface area contributed by atoms with E-state index in [1.807, 2.05) is 24.3 Å². The van der Waals surface area contributed by atoms with Crippen molar-refractivity contribution in [3.63, 3.8) is 0 Å². The number of halogens is 1. The molecule has 1 saturated heterocycles. The first-order valence-electron chi connectivity index (χ1n) is 5.31. The van der Waals surface area contributed by atoms with Gasteiger partial charge in [0, 0.05) is 17.6 Å². The number of likely N-dealkylation sites (tertiary alicyclic amines) is 1. The third kappa shape index (κ3) is 2.85. The van der Waals surface area contributed by atoms with E-state index in [0.717, 1.165) is 10.0 Å². The molecule has 0 aromatic heterocycles. The van der Waals surface area contributed by atoms with Gasteiger partial charge in [-0.3, -0.25) is 9.59 Å². The summed E-state index contributed by atoms with van der Waals surface area (Å²) in [5.41, 5.74) is 0.933. The number of hydrogen-bond donors (Lipinski definition) is 1. The Balaban J connectivity index is 1.89. The Bertz CT molecular complexity index is 455. The second-order valence-electron chi connectivity index (χ2n) is 4.14. The summed E-state index contributed by atoms with van der Waals surface area (Å²) in [7, 11) is 0. The number of rotatable bonds is 3. The summed E-state index contributed by atoms with van der Waals surface area (Å²) in [6, 6.07) is 7.56. The lowest BCUT2D eigenvalue weighted by atomic mass is 9.99. The first-order chi connectivity index (χ1) is 8.06. The molecule has 0 atom stereocenters. The molecule has 0 saturated carbocycles. The van der Waals surface area contributed by atoms with Crippen molar-refractivity contribution >= 4 is 27.8 Å². The summed E-state index contributed by atoms with van der Waals surface area (Å²) in [4.78, 5) is 24.0. The maximum absolute atomic E-state index is 11.8. The molecule has 0 aliphatic carbocycles. The van der Waals surface area contributed by atoms with E-state index in [4.69, 9.17) is 5.11 Å². The van der Waals surface area contributed by atoms with Gasteiger partial charge in [0.05, 0.1) is 12.3 Å². The van der Waals surface area contributed by atoms with E-state index in [-0.39, 0.29) is 11.8 Å². The number of carbonyl (C=O) groups excluding carboxylic acids is 1. The van der Waals surface area contributed by atoms with Crippen LogP contribution >= 0.6 is 15.9 Å². The normalized spacial score (nSPS) is 15.5. The van der Waals surface area contributed by atoms with E-state index in [1.54, 1.807) is 4.90 Å². The van der Waals surface area contributed by atoms with E-state index in [9.17, 15) is 9.59 Å². The van der Waals surface area contributed by atoms with Crippen LogP contribution in [0.15, 0.2) is 28.7 Å². The molecule has 1 aliphatic heterocycles. The summed E-state index contributed by atoms with van der Waals surface area (Å²) in [6.07, 6.45) is 0.325. The van der Waals surface area contributed by atoms with Crippen molar-refractivity contribution in [1.29, 1.82) is 0 Å². The minimum atomic E-state index is -0.823. The van der Waals surface area contributed by atoms with Crippen molar-refractivity contribution < 1.29 is 14.7 Å². The number of benzene rings is 1. The topological polar surface area (TPSA) is 57.6 Å². The van der Waals surface area contributed by atoms with Gasteiger partial charge in [-0.2, -0.15) is 0 Å². The van der Waals surface area contributed by atoms with Crippen molar-refractivity contribution in [1.82, 2.24) is 4.90 Å². The minimum absolute atomic E-state index is 0.0133. The molecule has 0 bridgehead atoms. The number of aliphatic carboxylic acids is 1. The van der Waals surface area contributed by atoms with E-state index >= 15 is 0 Å². The Hall–Kier alpha value is -1.36. The summed E-state index contributed by atoms with van der Waals surface area (Å²) in [5.74, 6) is -1.22. The molecule has 4 nitrogen and oxygen atoms in total. The van der Waals surface area contributed by atoms with Gasteiger partial charge in [0.25, 0.3) is 0 Å². The average Bonchev–Trinajstić information content (AvgIpc) is 2.13. The summed E-state index contributed by atoms with van der Waals surface area (Å²) >= 11 is 3.35. The highest BCUT2D eigenvalue weighted by molar-refractivity contribution is 9.10. The van der Waals surface area contributed by atoms with Crippen molar-refractivity contribution in [3.05, 3.63) is 34.3 Å². The minimum Gasteiger partial charge on any atom is -0.481 e. The lowest BCUT2D eigenvalue weighted by Crippen LogP contribution is -2.53. The van der Waals surface area contributed by atoms with Gasteiger partial charge in [0.15, 0.2) is 0 Å². The first kappa shape index (κ1) is 12.1. The highest BCUT2D eigenvalue weighted by Gasteiger charge is 2.35. The zero-order valence-corrected chi connectivity index (χ0v) is 10.7. The van der Waals surface area contributed by atoms with Crippen LogP contribution in [0.5, 0.6) is 0 Å². The fourth-order valence-corrected chi connectivity index (χ4v) is 2.22.